The van der Waals surface area contributed by atoms with Gasteiger partial charge in [-0.15, -0.1) is 0 Å². The predicted molar refractivity (Wildman–Crippen MR) is 231 cm³/mol. The van der Waals surface area contributed by atoms with Gasteiger partial charge in [0.25, 0.3) is 0 Å². The van der Waals surface area contributed by atoms with Crippen LogP contribution in [0.25, 0.3) is 88.4 Å². The fourth-order valence-electron chi connectivity index (χ4n) is 8.49. The summed E-state index contributed by atoms with van der Waals surface area (Å²) in [6.45, 7) is 0. The van der Waals surface area contributed by atoms with E-state index in [1.54, 1.807) is 30.3 Å². The molecular formula is C52H28F3N5. The van der Waals surface area contributed by atoms with E-state index in [0.29, 0.717) is 33.6 Å². The zero-order valence-corrected chi connectivity index (χ0v) is 31.5. The Morgan fingerprint density at radius 1 is 0.400 bits per heavy atom. The molecule has 0 spiro atoms. The van der Waals surface area contributed by atoms with Gasteiger partial charge in [-0.2, -0.15) is 29.0 Å². The third-order valence-electron chi connectivity index (χ3n) is 11.3. The van der Waals surface area contributed by atoms with E-state index in [9.17, 15) is 29.0 Å². The summed E-state index contributed by atoms with van der Waals surface area (Å²) in [7, 11) is 0. The number of rotatable bonds is 5. The molecule has 0 aliphatic heterocycles. The lowest BCUT2D eigenvalue weighted by molar-refractivity contribution is -0.137. The molecule has 0 saturated heterocycles. The van der Waals surface area contributed by atoms with Crippen molar-refractivity contribution >= 4 is 43.6 Å². The monoisotopic (exact) mass is 779 g/mol. The van der Waals surface area contributed by atoms with E-state index in [0.717, 1.165) is 78.0 Å². The van der Waals surface area contributed by atoms with E-state index in [1.165, 1.54) is 6.07 Å². The fourth-order valence-corrected chi connectivity index (χ4v) is 8.49. The fraction of sp³-hybridized carbons (Fsp3) is 0.0192. The molecular weight excluding hydrogens is 752 g/mol. The molecule has 0 amide bonds. The molecule has 0 bridgehead atoms. The van der Waals surface area contributed by atoms with Crippen molar-refractivity contribution in [3.8, 4) is 63.0 Å². The highest BCUT2D eigenvalue weighted by molar-refractivity contribution is 6.13. The second-order valence-corrected chi connectivity index (χ2v) is 14.6. The zero-order chi connectivity index (χ0) is 41.1. The van der Waals surface area contributed by atoms with Crippen molar-refractivity contribution in [1.82, 2.24) is 9.13 Å². The van der Waals surface area contributed by atoms with Crippen molar-refractivity contribution in [2.45, 2.75) is 6.18 Å². The minimum Gasteiger partial charge on any atom is -0.308 e. The van der Waals surface area contributed by atoms with Gasteiger partial charge in [-0.3, -0.25) is 0 Å². The Kier molecular flexibility index (Phi) is 8.35. The average Bonchev–Trinajstić information content (AvgIpc) is 3.80. The molecule has 2 heterocycles. The summed E-state index contributed by atoms with van der Waals surface area (Å²) in [5.74, 6) is 0. The molecule has 0 N–H and O–H groups in total. The highest BCUT2D eigenvalue weighted by Gasteiger charge is 2.31. The number of nitriles is 3. The third kappa shape index (κ3) is 5.77. The zero-order valence-electron chi connectivity index (χ0n) is 31.5. The van der Waals surface area contributed by atoms with Crippen LogP contribution < -0.4 is 0 Å². The number of benzene rings is 8. The minimum absolute atomic E-state index is 0.280. The predicted octanol–water partition coefficient (Wildman–Crippen LogP) is 13.5. The minimum atomic E-state index is -4.58. The van der Waals surface area contributed by atoms with E-state index in [-0.39, 0.29) is 5.56 Å². The molecule has 0 fully saturated rings. The lowest BCUT2D eigenvalue weighted by Crippen LogP contribution is -2.07. The lowest BCUT2D eigenvalue weighted by atomic mass is 9.96. The van der Waals surface area contributed by atoms with Crippen molar-refractivity contribution in [3.63, 3.8) is 0 Å². The number of para-hydroxylation sites is 2. The maximum absolute atomic E-state index is 14.3. The highest BCUT2D eigenvalue weighted by Crippen LogP contribution is 2.44. The first-order valence-electron chi connectivity index (χ1n) is 19.1. The number of hydrogen-bond acceptors (Lipinski definition) is 3. The highest BCUT2D eigenvalue weighted by atomic mass is 19.4. The summed E-state index contributed by atoms with van der Waals surface area (Å²) in [4.78, 5) is 0. The lowest BCUT2D eigenvalue weighted by Gasteiger charge is -2.20. The van der Waals surface area contributed by atoms with E-state index in [1.807, 2.05) is 114 Å². The van der Waals surface area contributed by atoms with Crippen molar-refractivity contribution in [2.24, 2.45) is 0 Å². The number of alkyl halides is 3. The number of hydrogen-bond donors (Lipinski definition) is 0. The second-order valence-electron chi connectivity index (χ2n) is 14.6. The topological polar surface area (TPSA) is 81.2 Å². The van der Waals surface area contributed by atoms with Gasteiger partial charge in [0.2, 0.25) is 0 Å². The van der Waals surface area contributed by atoms with Crippen LogP contribution in [0, 0.1) is 34.0 Å². The Morgan fingerprint density at radius 2 is 0.900 bits per heavy atom. The summed E-state index contributed by atoms with van der Waals surface area (Å²) < 4.78 is 46.9. The van der Waals surface area contributed by atoms with Gasteiger partial charge in [-0.25, -0.2) is 0 Å². The Morgan fingerprint density at radius 3 is 1.43 bits per heavy atom. The molecule has 0 atom stereocenters. The summed E-state index contributed by atoms with van der Waals surface area (Å²) in [6.07, 6.45) is -4.58. The van der Waals surface area contributed by atoms with Crippen LogP contribution in [0.4, 0.5) is 13.2 Å². The van der Waals surface area contributed by atoms with Crippen molar-refractivity contribution < 1.29 is 13.2 Å². The van der Waals surface area contributed by atoms with E-state index < -0.39 is 11.7 Å². The molecule has 60 heavy (non-hydrogen) atoms. The van der Waals surface area contributed by atoms with Crippen LogP contribution in [0.3, 0.4) is 0 Å². The van der Waals surface area contributed by atoms with Gasteiger partial charge in [-0.1, -0.05) is 91.0 Å². The first kappa shape index (κ1) is 36.0. The summed E-state index contributed by atoms with van der Waals surface area (Å²) in [5.41, 5.74) is 9.42. The van der Waals surface area contributed by atoms with Gasteiger partial charge >= 0.3 is 6.18 Å². The Balaban J connectivity index is 1.28. The van der Waals surface area contributed by atoms with Gasteiger partial charge < -0.3 is 9.13 Å². The average molecular weight is 780 g/mol. The van der Waals surface area contributed by atoms with Crippen LogP contribution >= 0.6 is 0 Å². The second kappa shape index (κ2) is 13.9. The van der Waals surface area contributed by atoms with Crippen LogP contribution in [-0.2, 0) is 6.18 Å². The quantitative estimate of drug-likeness (QED) is 0.174. The first-order chi connectivity index (χ1) is 29.2. The summed E-state index contributed by atoms with van der Waals surface area (Å²) >= 11 is 0. The van der Waals surface area contributed by atoms with Gasteiger partial charge in [-0.05, 0) is 107 Å². The molecule has 0 saturated carbocycles. The van der Waals surface area contributed by atoms with E-state index >= 15 is 0 Å². The third-order valence-corrected chi connectivity index (χ3v) is 11.3. The SMILES string of the molecule is N#Cc1ccc(-c2ccc3c(c2)c2ccccc2n3-c2ccc(-c3cccc(C(F)(F)F)c3)c(-n3c4ccccc4c4cc(-c5ccc(C#N)cc5)ccc43)c2C#N)cc1. The van der Waals surface area contributed by atoms with Gasteiger partial charge in [0.1, 0.15) is 11.6 Å². The van der Waals surface area contributed by atoms with Crippen LogP contribution in [0.5, 0.6) is 0 Å². The summed E-state index contributed by atoms with van der Waals surface area (Å²) in [5, 5.41) is 33.9. The van der Waals surface area contributed by atoms with E-state index in [4.69, 9.17) is 0 Å². The summed E-state index contributed by atoms with van der Waals surface area (Å²) in [6, 6.07) is 58.5. The molecule has 0 radical (unpaired) electrons. The first-order valence-corrected chi connectivity index (χ1v) is 19.1. The van der Waals surface area contributed by atoms with Crippen LogP contribution in [0.2, 0.25) is 0 Å². The Bertz CT molecular complexity index is 3500. The molecule has 2 aromatic heterocycles. The van der Waals surface area contributed by atoms with Crippen LogP contribution in [0.1, 0.15) is 22.3 Å². The molecule has 0 aliphatic carbocycles. The van der Waals surface area contributed by atoms with E-state index in [2.05, 4.69) is 34.9 Å². The van der Waals surface area contributed by atoms with Crippen molar-refractivity contribution in [1.29, 1.82) is 15.8 Å². The maximum Gasteiger partial charge on any atom is 0.416 e. The smallest absolute Gasteiger partial charge is 0.308 e. The Labute approximate surface area is 341 Å². The van der Waals surface area contributed by atoms with Crippen LogP contribution in [0.15, 0.2) is 170 Å². The maximum atomic E-state index is 14.3. The number of nitrogens with zero attached hydrogens (tertiary/aromatic N) is 5. The molecule has 282 valence electrons. The molecule has 8 aromatic carbocycles. The van der Waals surface area contributed by atoms with Gasteiger partial charge in [0.15, 0.2) is 0 Å². The molecule has 5 nitrogen and oxygen atoms in total. The largest absolute Gasteiger partial charge is 0.416 e. The molecule has 8 heteroatoms. The van der Waals surface area contributed by atoms with Crippen molar-refractivity contribution in [3.05, 3.63) is 192 Å². The van der Waals surface area contributed by atoms with Gasteiger partial charge in [0, 0.05) is 27.1 Å². The standard InChI is InChI=1S/C52H28F3N5/c53-52(54,55)39-7-5-6-38(26-39)40-22-25-50(59-46-10-3-1-8-41(46)43-27-36(20-23-48(43)59)34-16-12-32(29-56)13-17-34)45(31-58)51(40)60-47-11-4-2-9-42(47)44-28-37(21-24-49(44)60)35-18-14-33(30-57)15-19-35/h1-28H. The molecule has 10 aromatic rings. The van der Waals surface area contributed by atoms with Gasteiger partial charge in [0.05, 0.1) is 62.3 Å². The number of fused-ring (bicyclic) bond motifs is 6. The van der Waals surface area contributed by atoms with Crippen molar-refractivity contribution in [2.75, 3.05) is 0 Å². The number of aromatic nitrogens is 2. The number of halogens is 3. The molecule has 0 unspecified atom stereocenters. The normalized spacial score (nSPS) is 11.5. The Hall–Kier alpha value is -8.38. The molecule has 10 rings (SSSR count). The molecule has 0 aliphatic rings. The van der Waals surface area contributed by atoms with Crippen LogP contribution in [-0.4, -0.2) is 9.13 Å².